The summed E-state index contributed by atoms with van der Waals surface area (Å²) in [5.41, 5.74) is -0.0317. The molecule has 0 saturated carbocycles. The summed E-state index contributed by atoms with van der Waals surface area (Å²) in [6, 6.07) is 13.9. The molecule has 1 amide bonds. The van der Waals surface area contributed by atoms with Gasteiger partial charge in [0.2, 0.25) is 0 Å². The van der Waals surface area contributed by atoms with E-state index in [1.807, 2.05) is 4.90 Å². The van der Waals surface area contributed by atoms with Crippen LogP contribution in [-0.2, 0) is 19.5 Å². The largest absolute Gasteiger partial charge is 0.497 e. The molecule has 0 unspecified atom stereocenters. The van der Waals surface area contributed by atoms with E-state index in [9.17, 15) is 28.1 Å². The number of methoxy groups -OCH3 is 2. The number of ether oxygens (including phenoxy) is 3. The van der Waals surface area contributed by atoms with E-state index in [2.05, 4.69) is 14.8 Å². The molecule has 0 aromatic heterocycles. The molecule has 0 bridgehead atoms. The average molecular weight is 571 g/mol. The van der Waals surface area contributed by atoms with Crippen molar-refractivity contribution in [3.63, 3.8) is 0 Å². The first-order valence-electron chi connectivity index (χ1n) is 11.9. The molecule has 1 heterocycles. The molecular formula is C26H26N4O9S. The molecule has 210 valence electrons. The van der Waals surface area contributed by atoms with Gasteiger partial charge in [0.1, 0.15) is 10.6 Å². The Bertz CT molecular complexity index is 1540. The second kappa shape index (κ2) is 12.0. The molecule has 4 rings (SSSR count). The number of morpholine rings is 1. The maximum Gasteiger partial charge on any atom is 0.338 e. The average Bonchev–Trinajstić information content (AvgIpc) is 2.97. The summed E-state index contributed by atoms with van der Waals surface area (Å²) in [5.74, 6) is -1.09. The van der Waals surface area contributed by atoms with Crippen molar-refractivity contribution >= 4 is 44.6 Å². The van der Waals surface area contributed by atoms with Crippen LogP contribution in [0, 0.1) is 10.1 Å². The number of benzene rings is 3. The van der Waals surface area contributed by atoms with Gasteiger partial charge in [-0.15, -0.1) is 0 Å². The Morgan fingerprint density at radius 3 is 2.23 bits per heavy atom. The molecule has 3 aromatic rings. The van der Waals surface area contributed by atoms with Crippen LogP contribution in [0.4, 0.5) is 22.7 Å². The summed E-state index contributed by atoms with van der Waals surface area (Å²) in [7, 11) is -1.54. The molecule has 3 aromatic carbocycles. The third-order valence-corrected chi connectivity index (χ3v) is 7.42. The maximum absolute atomic E-state index is 13.6. The minimum absolute atomic E-state index is 0.0997. The lowest BCUT2D eigenvalue weighted by atomic mass is 10.1. The number of hydrogen-bond donors (Lipinski definition) is 2. The highest BCUT2D eigenvalue weighted by atomic mass is 32.2. The first kappa shape index (κ1) is 28.3. The molecule has 0 atom stereocenters. The second-order valence-electron chi connectivity index (χ2n) is 8.59. The third-order valence-electron chi connectivity index (χ3n) is 6.01. The summed E-state index contributed by atoms with van der Waals surface area (Å²) < 4.78 is 44.8. The fraction of sp³-hybridized carbons (Fsp3) is 0.231. The number of nitrogens with zero attached hydrogens (tertiary/aromatic N) is 2. The van der Waals surface area contributed by atoms with E-state index in [-0.39, 0.29) is 21.7 Å². The number of nitro groups is 1. The van der Waals surface area contributed by atoms with Crippen LogP contribution >= 0.6 is 0 Å². The van der Waals surface area contributed by atoms with E-state index in [1.54, 1.807) is 30.3 Å². The van der Waals surface area contributed by atoms with Crippen molar-refractivity contribution in [2.45, 2.75) is 4.90 Å². The maximum atomic E-state index is 13.6. The zero-order valence-electron chi connectivity index (χ0n) is 21.6. The number of esters is 1. The number of carbonyl (C=O) groups is 2. The highest BCUT2D eigenvalue weighted by molar-refractivity contribution is 7.92. The zero-order chi connectivity index (χ0) is 28.9. The Hall–Kier alpha value is -4.69. The van der Waals surface area contributed by atoms with E-state index in [1.165, 1.54) is 19.2 Å². The topological polar surface area (TPSA) is 166 Å². The molecule has 40 heavy (non-hydrogen) atoms. The Morgan fingerprint density at radius 2 is 1.60 bits per heavy atom. The fourth-order valence-electron chi connectivity index (χ4n) is 4.03. The van der Waals surface area contributed by atoms with Crippen molar-refractivity contribution < 1.29 is 37.1 Å². The van der Waals surface area contributed by atoms with Crippen molar-refractivity contribution in [1.82, 2.24) is 0 Å². The highest BCUT2D eigenvalue weighted by Gasteiger charge is 2.25. The van der Waals surface area contributed by atoms with Gasteiger partial charge in [-0.05, 0) is 48.5 Å². The number of anilines is 3. The van der Waals surface area contributed by atoms with Gasteiger partial charge in [-0.2, -0.15) is 0 Å². The van der Waals surface area contributed by atoms with Crippen molar-refractivity contribution in [2.24, 2.45) is 0 Å². The molecule has 2 N–H and O–H groups in total. The first-order valence-corrected chi connectivity index (χ1v) is 13.4. The minimum atomic E-state index is -4.15. The van der Waals surface area contributed by atoms with Gasteiger partial charge in [-0.3, -0.25) is 19.6 Å². The normalized spacial score (nSPS) is 13.3. The van der Waals surface area contributed by atoms with Crippen LogP contribution in [0.1, 0.15) is 20.7 Å². The summed E-state index contributed by atoms with van der Waals surface area (Å²) in [6.45, 7) is 1.75. The van der Waals surface area contributed by atoms with Gasteiger partial charge < -0.3 is 24.4 Å². The van der Waals surface area contributed by atoms with Crippen LogP contribution in [0.5, 0.6) is 5.75 Å². The summed E-state index contributed by atoms with van der Waals surface area (Å²) >= 11 is 0. The van der Waals surface area contributed by atoms with Gasteiger partial charge in [0.25, 0.3) is 21.6 Å². The second-order valence-corrected chi connectivity index (χ2v) is 10.2. The first-order chi connectivity index (χ1) is 19.1. The van der Waals surface area contributed by atoms with Crippen LogP contribution in [0.2, 0.25) is 0 Å². The lowest BCUT2D eigenvalue weighted by Gasteiger charge is -2.30. The number of amides is 1. The predicted octanol–water partition coefficient (Wildman–Crippen LogP) is 3.28. The number of nitro benzene ring substituents is 1. The summed E-state index contributed by atoms with van der Waals surface area (Å²) in [6.07, 6.45) is 0. The Labute approximate surface area is 229 Å². The van der Waals surface area contributed by atoms with E-state index >= 15 is 0 Å². The van der Waals surface area contributed by atoms with Crippen molar-refractivity contribution in [3.05, 3.63) is 81.9 Å². The number of sulfonamides is 1. The molecular weight excluding hydrogens is 544 g/mol. The number of non-ortho nitro benzene ring substituents is 1. The van der Waals surface area contributed by atoms with Crippen LogP contribution in [0.3, 0.4) is 0 Å². The predicted molar refractivity (Wildman–Crippen MR) is 146 cm³/mol. The van der Waals surface area contributed by atoms with Crippen LogP contribution in [0.25, 0.3) is 0 Å². The lowest BCUT2D eigenvalue weighted by molar-refractivity contribution is -0.384. The highest BCUT2D eigenvalue weighted by Crippen LogP contribution is 2.31. The Balaban J connectivity index is 1.69. The van der Waals surface area contributed by atoms with Gasteiger partial charge in [0, 0.05) is 42.2 Å². The zero-order valence-corrected chi connectivity index (χ0v) is 22.4. The lowest BCUT2D eigenvalue weighted by Crippen LogP contribution is -2.37. The fourth-order valence-corrected chi connectivity index (χ4v) is 5.34. The molecule has 1 saturated heterocycles. The SMILES string of the molecule is COC(=O)c1cc(C(=O)Nc2ccc(N3CCOCC3)c(S(=O)(=O)Nc3ccc(OC)cc3)c2)cc([N+](=O)[O-])c1. The van der Waals surface area contributed by atoms with E-state index < -0.39 is 32.5 Å². The number of hydrogen-bond acceptors (Lipinski definition) is 10. The number of carbonyl (C=O) groups excluding carboxylic acids is 2. The quantitative estimate of drug-likeness (QED) is 0.221. The molecule has 0 spiro atoms. The van der Waals surface area contributed by atoms with E-state index in [0.29, 0.717) is 43.4 Å². The van der Waals surface area contributed by atoms with Crippen LogP contribution in [-0.4, -0.2) is 65.7 Å². The van der Waals surface area contributed by atoms with E-state index in [0.717, 1.165) is 25.3 Å². The summed E-state index contributed by atoms with van der Waals surface area (Å²) in [4.78, 5) is 37.4. The third kappa shape index (κ3) is 6.47. The molecule has 1 aliphatic heterocycles. The van der Waals surface area contributed by atoms with Gasteiger partial charge in [-0.1, -0.05) is 0 Å². The molecule has 0 aliphatic carbocycles. The molecule has 1 aliphatic rings. The van der Waals surface area contributed by atoms with Crippen LogP contribution in [0.15, 0.2) is 65.6 Å². The Morgan fingerprint density at radius 1 is 0.950 bits per heavy atom. The standard InChI is InChI=1S/C26H26N4O9S/c1-37-22-6-3-19(4-7-22)28-40(35,36)24-16-20(5-8-23(24)29-9-11-39-12-10-29)27-25(31)17-13-18(26(32)38-2)15-21(14-17)30(33)34/h3-8,13-16,28H,9-12H2,1-2H3,(H,27,31). The summed E-state index contributed by atoms with van der Waals surface area (Å²) in [5, 5.41) is 13.9. The smallest absolute Gasteiger partial charge is 0.338 e. The number of rotatable bonds is 9. The molecule has 13 nitrogen and oxygen atoms in total. The monoisotopic (exact) mass is 570 g/mol. The van der Waals surface area contributed by atoms with Gasteiger partial charge in [-0.25, -0.2) is 13.2 Å². The Kier molecular flexibility index (Phi) is 8.50. The van der Waals surface area contributed by atoms with Crippen molar-refractivity contribution in [3.8, 4) is 5.75 Å². The number of nitrogens with one attached hydrogen (secondary N) is 2. The minimum Gasteiger partial charge on any atom is -0.497 e. The van der Waals surface area contributed by atoms with Crippen LogP contribution < -0.4 is 19.7 Å². The van der Waals surface area contributed by atoms with Gasteiger partial charge >= 0.3 is 5.97 Å². The van der Waals surface area contributed by atoms with Crippen molar-refractivity contribution in [2.75, 3.05) is 55.5 Å². The molecule has 0 radical (unpaired) electrons. The van der Waals surface area contributed by atoms with Gasteiger partial charge in [0.15, 0.2) is 0 Å². The molecule has 1 fully saturated rings. The van der Waals surface area contributed by atoms with Crippen molar-refractivity contribution in [1.29, 1.82) is 0 Å². The van der Waals surface area contributed by atoms with Gasteiger partial charge in [0.05, 0.1) is 43.6 Å². The van der Waals surface area contributed by atoms with E-state index in [4.69, 9.17) is 9.47 Å². The molecule has 14 heteroatoms.